The van der Waals surface area contributed by atoms with Crippen molar-refractivity contribution in [2.45, 2.75) is 32.9 Å². The van der Waals surface area contributed by atoms with E-state index in [1.54, 1.807) is 25.3 Å². The molecule has 0 fully saturated rings. The van der Waals surface area contributed by atoms with Gasteiger partial charge in [-0.15, -0.1) is 0 Å². The van der Waals surface area contributed by atoms with Crippen LogP contribution in [-0.2, 0) is 6.54 Å². The molecule has 1 aromatic carbocycles. The lowest BCUT2D eigenvalue weighted by Crippen LogP contribution is -2.44. The van der Waals surface area contributed by atoms with Crippen LogP contribution in [0, 0.1) is 5.92 Å². The van der Waals surface area contributed by atoms with Gasteiger partial charge >= 0.3 is 0 Å². The Labute approximate surface area is 131 Å². The molecular weight excluding hydrogens is 278 g/mol. The van der Waals surface area contributed by atoms with Crippen molar-refractivity contribution >= 4 is 5.91 Å². The third kappa shape index (κ3) is 4.18. The number of carbonyl (C=O) groups excluding carboxylic acids is 1. The summed E-state index contributed by atoms with van der Waals surface area (Å²) in [7, 11) is 0. The molecule has 2 N–H and O–H groups in total. The van der Waals surface area contributed by atoms with Crippen molar-refractivity contribution in [1.82, 2.24) is 15.1 Å². The fourth-order valence-electron chi connectivity index (χ4n) is 1.91. The van der Waals surface area contributed by atoms with Gasteiger partial charge in [0.15, 0.2) is 0 Å². The molecule has 1 unspecified atom stereocenters. The van der Waals surface area contributed by atoms with E-state index in [0.717, 1.165) is 5.56 Å². The number of amides is 1. The third-order valence-corrected chi connectivity index (χ3v) is 3.97. The van der Waals surface area contributed by atoms with Gasteiger partial charge in [-0.3, -0.25) is 9.48 Å². The molecule has 22 heavy (non-hydrogen) atoms. The average Bonchev–Trinajstić information content (AvgIpc) is 2.98. The van der Waals surface area contributed by atoms with E-state index in [0.29, 0.717) is 12.1 Å². The van der Waals surface area contributed by atoms with Gasteiger partial charge in [0.05, 0.1) is 12.1 Å². The van der Waals surface area contributed by atoms with Gasteiger partial charge < -0.3 is 10.4 Å². The van der Waals surface area contributed by atoms with Gasteiger partial charge in [-0.25, -0.2) is 0 Å². The summed E-state index contributed by atoms with van der Waals surface area (Å²) >= 11 is 0. The molecular formula is C17H23N3O2. The molecule has 118 valence electrons. The molecule has 2 rings (SSSR count). The summed E-state index contributed by atoms with van der Waals surface area (Å²) in [4.78, 5) is 12.1. The summed E-state index contributed by atoms with van der Waals surface area (Å²) in [6, 6.07) is 9.29. The van der Waals surface area contributed by atoms with Gasteiger partial charge in [-0.2, -0.15) is 5.10 Å². The van der Waals surface area contributed by atoms with Gasteiger partial charge in [0, 0.05) is 24.5 Å². The van der Waals surface area contributed by atoms with Gasteiger partial charge in [0.1, 0.15) is 0 Å². The molecule has 0 radical (unpaired) electrons. The summed E-state index contributed by atoms with van der Waals surface area (Å²) in [6.07, 6.45) is 3.64. The number of hydrogen-bond donors (Lipinski definition) is 2. The first-order valence-corrected chi connectivity index (χ1v) is 7.45. The number of aliphatic hydroxyl groups is 1. The van der Waals surface area contributed by atoms with Crippen LogP contribution in [0.3, 0.4) is 0 Å². The number of aromatic nitrogens is 2. The average molecular weight is 301 g/mol. The standard InChI is InChI=1S/C17H23N3O2/c1-13(2)17(3,22)12-18-16(21)15-7-5-14(6-8-15)11-20-10-4-9-19-20/h4-10,13,22H,11-12H2,1-3H3,(H,18,21). The Morgan fingerprint density at radius 1 is 1.36 bits per heavy atom. The monoisotopic (exact) mass is 301 g/mol. The minimum atomic E-state index is -0.907. The van der Waals surface area contributed by atoms with Crippen LogP contribution in [0.4, 0.5) is 0 Å². The zero-order chi connectivity index (χ0) is 16.2. The molecule has 0 bridgehead atoms. The molecule has 0 saturated carbocycles. The zero-order valence-electron chi connectivity index (χ0n) is 13.3. The molecule has 2 aromatic rings. The fraction of sp³-hybridized carbons (Fsp3) is 0.412. The molecule has 5 nitrogen and oxygen atoms in total. The lowest BCUT2D eigenvalue weighted by atomic mass is 9.92. The Hall–Kier alpha value is -2.14. The normalized spacial score (nSPS) is 13.9. The van der Waals surface area contributed by atoms with Crippen molar-refractivity contribution in [2.24, 2.45) is 5.92 Å². The van der Waals surface area contributed by atoms with Crippen molar-refractivity contribution in [3.8, 4) is 0 Å². The SMILES string of the molecule is CC(C)C(C)(O)CNC(=O)c1ccc(Cn2cccn2)cc1. The summed E-state index contributed by atoms with van der Waals surface area (Å²) in [5, 5.41) is 17.1. The van der Waals surface area contributed by atoms with Crippen LogP contribution in [0.2, 0.25) is 0 Å². The Bertz CT molecular complexity index is 601. The van der Waals surface area contributed by atoms with E-state index in [1.165, 1.54) is 0 Å². The van der Waals surface area contributed by atoms with Crippen LogP contribution >= 0.6 is 0 Å². The van der Waals surface area contributed by atoms with E-state index in [2.05, 4.69) is 10.4 Å². The van der Waals surface area contributed by atoms with Crippen LogP contribution < -0.4 is 5.32 Å². The minimum absolute atomic E-state index is 0.0734. The molecule has 0 spiro atoms. The van der Waals surface area contributed by atoms with Gasteiger partial charge in [-0.1, -0.05) is 26.0 Å². The molecule has 1 aromatic heterocycles. The fourth-order valence-corrected chi connectivity index (χ4v) is 1.91. The topological polar surface area (TPSA) is 67.2 Å². The first-order chi connectivity index (χ1) is 10.4. The number of hydrogen-bond acceptors (Lipinski definition) is 3. The molecule has 1 amide bonds. The maximum absolute atomic E-state index is 12.1. The number of nitrogens with one attached hydrogen (secondary N) is 1. The molecule has 0 saturated heterocycles. The lowest BCUT2D eigenvalue weighted by molar-refractivity contribution is 0.0142. The Balaban J connectivity index is 1.94. The van der Waals surface area contributed by atoms with Gasteiger partial charge in [0.25, 0.3) is 5.91 Å². The van der Waals surface area contributed by atoms with E-state index < -0.39 is 5.60 Å². The van der Waals surface area contributed by atoms with Crippen molar-refractivity contribution in [2.75, 3.05) is 6.54 Å². The molecule has 5 heteroatoms. The van der Waals surface area contributed by atoms with Crippen molar-refractivity contribution in [3.63, 3.8) is 0 Å². The molecule has 1 atom stereocenters. The Morgan fingerprint density at radius 3 is 2.59 bits per heavy atom. The van der Waals surface area contributed by atoms with E-state index in [1.807, 2.05) is 42.9 Å². The number of benzene rings is 1. The van der Waals surface area contributed by atoms with Gasteiger partial charge in [-0.05, 0) is 36.6 Å². The highest BCUT2D eigenvalue weighted by atomic mass is 16.3. The van der Waals surface area contributed by atoms with E-state index in [-0.39, 0.29) is 18.4 Å². The van der Waals surface area contributed by atoms with Crippen molar-refractivity contribution in [1.29, 1.82) is 0 Å². The second kappa shape index (κ2) is 6.75. The van der Waals surface area contributed by atoms with Gasteiger partial charge in [0.2, 0.25) is 0 Å². The molecule has 0 aliphatic heterocycles. The van der Waals surface area contributed by atoms with Crippen LogP contribution in [-0.4, -0.2) is 32.9 Å². The predicted octanol–water partition coefficient (Wildman–Crippen LogP) is 2.07. The number of nitrogens with zero attached hydrogens (tertiary/aromatic N) is 2. The summed E-state index contributed by atoms with van der Waals surface area (Å²) < 4.78 is 1.83. The second-order valence-electron chi connectivity index (χ2n) is 6.10. The first kappa shape index (κ1) is 16.2. The second-order valence-corrected chi connectivity index (χ2v) is 6.10. The molecule has 0 aliphatic rings. The largest absolute Gasteiger partial charge is 0.388 e. The van der Waals surface area contributed by atoms with Crippen LogP contribution in [0.15, 0.2) is 42.7 Å². The lowest BCUT2D eigenvalue weighted by Gasteiger charge is -2.27. The highest BCUT2D eigenvalue weighted by Gasteiger charge is 2.25. The Morgan fingerprint density at radius 2 is 2.05 bits per heavy atom. The maximum Gasteiger partial charge on any atom is 0.251 e. The minimum Gasteiger partial charge on any atom is -0.388 e. The van der Waals surface area contributed by atoms with E-state index in [4.69, 9.17) is 0 Å². The van der Waals surface area contributed by atoms with Crippen molar-refractivity contribution < 1.29 is 9.90 Å². The molecule has 0 aliphatic carbocycles. The first-order valence-electron chi connectivity index (χ1n) is 7.45. The summed E-state index contributed by atoms with van der Waals surface area (Å²) in [6.45, 7) is 6.49. The highest BCUT2D eigenvalue weighted by Crippen LogP contribution is 2.15. The summed E-state index contributed by atoms with van der Waals surface area (Å²) in [5.74, 6) is -0.101. The number of carbonyl (C=O) groups is 1. The third-order valence-electron chi connectivity index (χ3n) is 3.97. The zero-order valence-corrected chi connectivity index (χ0v) is 13.3. The smallest absolute Gasteiger partial charge is 0.251 e. The van der Waals surface area contributed by atoms with Crippen LogP contribution in [0.25, 0.3) is 0 Å². The number of rotatable bonds is 6. The Kier molecular flexibility index (Phi) is 4.98. The maximum atomic E-state index is 12.1. The summed E-state index contributed by atoms with van der Waals surface area (Å²) in [5.41, 5.74) is 0.758. The van der Waals surface area contributed by atoms with Crippen LogP contribution in [0.1, 0.15) is 36.7 Å². The quantitative estimate of drug-likeness (QED) is 0.858. The van der Waals surface area contributed by atoms with E-state index >= 15 is 0 Å². The van der Waals surface area contributed by atoms with Crippen LogP contribution in [0.5, 0.6) is 0 Å². The van der Waals surface area contributed by atoms with Crippen molar-refractivity contribution in [3.05, 3.63) is 53.9 Å². The highest BCUT2D eigenvalue weighted by molar-refractivity contribution is 5.94. The van der Waals surface area contributed by atoms with E-state index in [9.17, 15) is 9.90 Å². The predicted molar refractivity (Wildman–Crippen MR) is 85.6 cm³/mol. The molecule has 1 heterocycles.